The topological polar surface area (TPSA) is 62.1 Å². The van der Waals surface area contributed by atoms with Crippen molar-refractivity contribution in [1.29, 1.82) is 0 Å². The molecule has 3 atom stereocenters. The Morgan fingerprint density at radius 2 is 1.71 bits per heavy atom. The van der Waals surface area contributed by atoms with Crippen LogP contribution in [0.3, 0.4) is 0 Å². The maximum atomic E-state index is 14.0. The molecule has 156 valence electrons. The standard InChI is InChI=1S/C20H30FN3O3S/c1-15-7-6-8-16(2)24(15)20(25)17(3)22-11-13-23(14-12-22)28(26,27)19-10-5-4-9-18(19)21/h4-5,9-10,15-17H,6-8,11-14H2,1-3H3/p+1/t15-,16-,17+/m0/s1. The van der Waals surface area contributed by atoms with Crippen LogP contribution in [0.25, 0.3) is 0 Å². The number of piperidine rings is 1. The van der Waals surface area contributed by atoms with E-state index < -0.39 is 15.8 Å². The highest BCUT2D eigenvalue weighted by molar-refractivity contribution is 7.89. The van der Waals surface area contributed by atoms with Crippen LogP contribution in [-0.4, -0.2) is 67.8 Å². The van der Waals surface area contributed by atoms with E-state index in [4.69, 9.17) is 0 Å². The maximum absolute atomic E-state index is 14.0. The lowest BCUT2D eigenvalue weighted by Gasteiger charge is -2.42. The number of piperazine rings is 1. The summed E-state index contributed by atoms with van der Waals surface area (Å²) in [6.07, 6.45) is 3.22. The quantitative estimate of drug-likeness (QED) is 0.799. The number of hydrogen-bond acceptors (Lipinski definition) is 3. The Hall–Kier alpha value is -1.51. The van der Waals surface area contributed by atoms with Gasteiger partial charge in [0.05, 0.1) is 26.2 Å². The predicted molar refractivity (Wildman–Crippen MR) is 105 cm³/mol. The van der Waals surface area contributed by atoms with Gasteiger partial charge >= 0.3 is 0 Å². The number of hydrogen-bond donors (Lipinski definition) is 1. The summed E-state index contributed by atoms with van der Waals surface area (Å²) in [5.74, 6) is -0.575. The van der Waals surface area contributed by atoms with Crippen LogP contribution in [0.1, 0.15) is 40.0 Å². The van der Waals surface area contributed by atoms with Crippen molar-refractivity contribution in [2.24, 2.45) is 0 Å². The van der Waals surface area contributed by atoms with Crippen LogP contribution in [0.15, 0.2) is 29.2 Å². The van der Waals surface area contributed by atoms with Crippen molar-refractivity contribution in [2.75, 3.05) is 26.2 Å². The molecule has 2 saturated heterocycles. The molecule has 28 heavy (non-hydrogen) atoms. The summed E-state index contributed by atoms with van der Waals surface area (Å²) < 4.78 is 40.8. The van der Waals surface area contributed by atoms with Crippen molar-refractivity contribution < 1.29 is 22.5 Å². The normalized spacial score (nSPS) is 26.2. The Kier molecular flexibility index (Phi) is 6.41. The molecule has 0 unspecified atom stereocenters. The van der Waals surface area contributed by atoms with Gasteiger partial charge in [0.25, 0.3) is 5.91 Å². The molecule has 3 rings (SSSR count). The van der Waals surface area contributed by atoms with Crippen LogP contribution in [0, 0.1) is 5.82 Å². The largest absolute Gasteiger partial charge is 0.332 e. The molecule has 1 N–H and O–H groups in total. The van der Waals surface area contributed by atoms with E-state index in [1.807, 2.05) is 11.8 Å². The minimum atomic E-state index is -3.85. The third-order valence-electron chi connectivity index (χ3n) is 6.25. The molecule has 0 radical (unpaired) electrons. The van der Waals surface area contributed by atoms with E-state index >= 15 is 0 Å². The predicted octanol–water partition coefficient (Wildman–Crippen LogP) is 0.893. The molecular formula is C20H31FN3O3S+. The van der Waals surface area contributed by atoms with Gasteiger partial charge in [0.1, 0.15) is 10.7 Å². The molecule has 0 saturated carbocycles. The number of carbonyl (C=O) groups is 1. The van der Waals surface area contributed by atoms with E-state index in [0.29, 0.717) is 13.1 Å². The van der Waals surface area contributed by atoms with Crippen molar-refractivity contribution in [3.63, 3.8) is 0 Å². The minimum absolute atomic E-state index is 0.153. The highest BCUT2D eigenvalue weighted by Crippen LogP contribution is 2.23. The Labute approximate surface area is 167 Å². The highest BCUT2D eigenvalue weighted by atomic mass is 32.2. The van der Waals surface area contributed by atoms with Crippen molar-refractivity contribution in [3.05, 3.63) is 30.1 Å². The van der Waals surface area contributed by atoms with Crippen molar-refractivity contribution >= 4 is 15.9 Å². The van der Waals surface area contributed by atoms with Gasteiger partial charge in [-0.3, -0.25) is 4.79 Å². The van der Waals surface area contributed by atoms with Gasteiger partial charge in [-0.25, -0.2) is 12.8 Å². The number of benzene rings is 1. The van der Waals surface area contributed by atoms with Gasteiger partial charge in [-0.2, -0.15) is 4.31 Å². The third-order valence-corrected chi connectivity index (χ3v) is 8.18. The van der Waals surface area contributed by atoms with E-state index in [1.165, 1.54) is 22.5 Å². The van der Waals surface area contributed by atoms with E-state index in [-0.39, 0.29) is 42.0 Å². The molecule has 1 aromatic rings. The fourth-order valence-corrected chi connectivity index (χ4v) is 6.00. The number of carbonyl (C=O) groups excluding carboxylic acids is 1. The van der Waals surface area contributed by atoms with Gasteiger partial charge in [-0.15, -0.1) is 0 Å². The van der Waals surface area contributed by atoms with Crippen LogP contribution >= 0.6 is 0 Å². The number of nitrogens with one attached hydrogen (secondary N) is 1. The number of halogens is 1. The SMILES string of the molecule is C[C@H](C(=O)N1[C@@H](C)CCC[C@@H]1C)[NH+]1CCN(S(=O)(=O)c2ccccc2F)CC1. The molecule has 2 aliphatic rings. The summed E-state index contributed by atoms with van der Waals surface area (Å²) in [6, 6.07) is 5.76. The monoisotopic (exact) mass is 412 g/mol. The van der Waals surface area contributed by atoms with Gasteiger partial charge in [0.2, 0.25) is 10.0 Å². The lowest BCUT2D eigenvalue weighted by molar-refractivity contribution is -0.918. The fourth-order valence-electron chi connectivity index (χ4n) is 4.49. The number of nitrogens with zero attached hydrogens (tertiary/aromatic N) is 2. The van der Waals surface area contributed by atoms with Gasteiger partial charge < -0.3 is 9.80 Å². The molecule has 2 fully saturated rings. The summed E-state index contributed by atoms with van der Waals surface area (Å²) in [5.41, 5.74) is 0. The second kappa shape index (κ2) is 8.47. The fraction of sp³-hybridized carbons (Fsp3) is 0.650. The van der Waals surface area contributed by atoms with Crippen molar-refractivity contribution in [1.82, 2.24) is 9.21 Å². The molecule has 2 aliphatic heterocycles. The smallest absolute Gasteiger partial charge is 0.281 e. The molecule has 2 heterocycles. The van der Waals surface area contributed by atoms with Crippen molar-refractivity contribution in [3.8, 4) is 0 Å². The minimum Gasteiger partial charge on any atom is -0.332 e. The number of likely N-dealkylation sites (tertiary alicyclic amines) is 1. The van der Waals surface area contributed by atoms with Crippen LogP contribution in [0.4, 0.5) is 4.39 Å². The Balaban J connectivity index is 1.65. The Morgan fingerprint density at radius 3 is 2.29 bits per heavy atom. The van der Waals surface area contributed by atoms with Crippen molar-refractivity contribution in [2.45, 2.75) is 63.1 Å². The number of rotatable bonds is 4. The molecule has 0 aliphatic carbocycles. The molecule has 0 spiro atoms. The zero-order chi connectivity index (χ0) is 20.5. The van der Waals surface area contributed by atoms with Crippen LogP contribution in [-0.2, 0) is 14.8 Å². The van der Waals surface area contributed by atoms with Gasteiger partial charge in [-0.1, -0.05) is 12.1 Å². The molecule has 8 heteroatoms. The van der Waals surface area contributed by atoms with E-state index in [2.05, 4.69) is 13.8 Å². The molecule has 1 amide bonds. The first-order valence-electron chi connectivity index (χ1n) is 10.1. The van der Waals surface area contributed by atoms with E-state index in [0.717, 1.165) is 30.2 Å². The number of amides is 1. The molecule has 0 aromatic heterocycles. The molecular weight excluding hydrogens is 381 g/mol. The molecule has 0 bridgehead atoms. The summed E-state index contributed by atoms with van der Waals surface area (Å²) in [7, 11) is -3.85. The first-order chi connectivity index (χ1) is 13.2. The zero-order valence-electron chi connectivity index (χ0n) is 16.9. The summed E-state index contributed by atoms with van der Waals surface area (Å²) in [4.78, 5) is 15.9. The lowest BCUT2D eigenvalue weighted by Crippen LogP contribution is -3.19. The molecule has 6 nitrogen and oxygen atoms in total. The number of quaternary nitrogens is 1. The second-order valence-electron chi connectivity index (χ2n) is 8.09. The maximum Gasteiger partial charge on any atom is 0.281 e. The second-order valence-corrected chi connectivity index (χ2v) is 10.00. The van der Waals surface area contributed by atoms with Gasteiger partial charge in [0.15, 0.2) is 6.04 Å². The van der Waals surface area contributed by atoms with Crippen LogP contribution in [0.5, 0.6) is 0 Å². The highest BCUT2D eigenvalue weighted by Gasteiger charge is 2.39. The average Bonchev–Trinajstić information content (AvgIpc) is 2.67. The Bertz CT molecular complexity index is 799. The zero-order valence-corrected chi connectivity index (χ0v) is 17.7. The van der Waals surface area contributed by atoms with Crippen LogP contribution < -0.4 is 4.90 Å². The van der Waals surface area contributed by atoms with E-state index in [1.54, 1.807) is 0 Å². The average molecular weight is 413 g/mol. The first-order valence-corrected chi connectivity index (χ1v) is 11.6. The summed E-state index contributed by atoms with van der Waals surface area (Å²) in [6.45, 7) is 7.80. The van der Waals surface area contributed by atoms with Gasteiger partial charge in [0, 0.05) is 12.1 Å². The summed E-state index contributed by atoms with van der Waals surface area (Å²) >= 11 is 0. The number of sulfonamides is 1. The van der Waals surface area contributed by atoms with Crippen LogP contribution in [0.2, 0.25) is 0 Å². The Morgan fingerprint density at radius 1 is 1.14 bits per heavy atom. The lowest BCUT2D eigenvalue weighted by atomic mass is 9.96. The first kappa shape index (κ1) is 21.2. The van der Waals surface area contributed by atoms with E-state index in [9.17, 15) is 17.6 Å². The van der Waals surface area contributed by atoms with Gasteiger partial charge in [-0.05, 0) is 52.2 Å². The third kappa shape index (κ3) is 4.09. The summed E-state index contributed by atoms with van der Waals surface area (Å²) in [5, 5.41) is 0. The molecule has 1 aromatic carbocycles.